The highest BCUT2D eigenvalue weighted by molar-refractivity contribution is 5.38. The molecule has 0 atom stereocenters. The fourth-order valence-corrected chi connectivity index (χ4v) is 2.03. The van der Waals surface area contributed by atoms with Gasteiger partial charge >= 0.3 is 0 Å². The lowest BCUT2D eigenvalue weighted by Gasteiger charge is -2.09. The molecule has 1 aromatic carbocycles. The van der Waals surface area contributed by atoms with E-state index in [1.165, 1.54) is 16.7 Å². The molecular weight excluding hydrogens is 224 g/mol. The molecule has 0 bridgehead atoms. The quantitative estimate of drug-likeness (QED) is 0.896. The Morgan fingerprint density at radius 1 is 1.17 bits per heavy atom. The first kappa shape index (κ1) is 12.4. The van der Waals surface area contributed by atoms with Gasteiger partial charge in [0.15, 0.2) is 0 Å². The first-order valence-corrected chi connectivity index (χ1v) is 6.03. The van der Waals surface area contributed by atoms with Gasteiger partial charge in [0.1, 0.15) is 11.6 Å². The van der Waals surface area contributed by atoms with Crippen LogP contribution in [0.5, 0.6) is 5.75 Å². The fourth-order valence-electron chi connectivity index (χ4n) is 2.03. The third-order valence-corrected chi connectivity index (χ3v) is 2.96. The number of ether oxygens (including phenoxy) is 1. The highest BCUT2D eigenvalue weighted by atomic mass is 16.5. The second-order valence-electron chi connectivity index (χ2n) is 4.40. The number of aryl methyl sites for hydroxylation is 3. The number of rotatable bonds is 4. The van der Waals surface area contributed by atoms with Crippen LogP contribution in [0.2, 0.25) is 0 Å². The molecule has 94 valence electrons. The SMILES string of the molecule is COc1ccc(C)cc1CCc1ccnc(N)c1. The second-order valence-corrected chi connectivity index (χ2v) is 4.40. The topological polar surface area (TPSA) is 48.1 Å². The smallest absolute Gasteiger partial charge is 0.123 e. The Kier molecular flexibility index (Phi) is 3.82. The highest BCUT2D eigenvalue weighted by Crippen LogP contribution is 2.21. The molecule has 3 nitrogen and oxygen atoms in total. The van der Waals surface area contributed by atoms with Gasteiger partial charge in [0, 0.05) is 6.20 Å². The summed E-state index contributed by atoms with van der Waals surface area (Å²) in [6.07, 6.45) is 3.62. The van der Waals surface area contributed by atoms with Crippen LogP contribution in [0, 0.1) is 6.92 Å². The Morgan fingerprint density at radius 3 is 2.72 bits per heavy atom. The lowest BCUT2D eigenvalue weighted by atomic mass is 10.0. The normalized spacial score (nSPS) is 10.3. The van der Waals surface area contributed by atoms with Gasteiger partial charge in [-0.05, 0) is 49.1 Å². The van der Waals surface area contributed by atoms with Crippen molar-refractivity contribution in [3.63, 3.8) is 0 Å². The molecule has 2 aromatic rings. The predicted octanol–water partition coefficient (Wildman–Crippen LogP) is 2.77. The molecule has 0 aliphatic carbocycles. The van der Waals surface area contributed by atoms with Crippen molar-refractivity contribution in [3.8, 4) is 5.75 Å². The molecule has 3 heteroatoms. The molecule has 0 radical (unpaired) electrons. The minimum absolute atomic E-state index is 0.573. The molecule has 18 heavy (non-hydrogen) atoms. The number of pyridine rings is 1. The molecule has 0 aliphatic heterocycles. The van der Waals surface area contributed by atoms with E-state index in [-0.39, 0.29) is 0 Å². The van der Waals surface area contributed by atoms with Gasteiger partial charge in [-0.3, -0.25) is 0 Å². The monoisotopic (exact) mass is 242 g/mol. The predicted molar refractivity (Wildman–Crippen MR) is 73.8 cm³/mol. The average molecular weight is 242 g/mol. The molecule has 0 saturated carbocycles. The first-order valence-electron chi connectivity index (χ1n) is 6.03. The zero-order valence-corrected chi connectivity index (χ0v) is 10.8. The summed E-state index contributed by atoms with van der Waals surface area (Å²) in [5.74, 6) is 1.52. The third kappa shape index (κ3) is 3.00. The van der Waals surface area contributed by atoms with E-state index in [2.05, 4.69) is 24.0 Å². The summed E-state index contributed by atoms with van der Waals surface area (Å²) in [5.41, 5.74) is 9.35. The molecule has 2 rings (SSSR count). The van der Waals surface area contributed by atoms with Crippen LogP contribution in [0.4, 0.5) is 5.82 Å². The summed E-state index contributed by atoms with van der Waals surface area (Å²) in [7, 11) is 1.71. The molecule has 0 spiro atoms. The largest absolute Gasteiger partial charge is 0.496 e. The number of nitrogens with zero attached hydrogens (tertiary/aromatic N) is 1. The summed E-state index contributed by atoms with van der Waals surface area (Å²) < 4.78 is 5.38. The van der Waals surface area contributed by atoms with E-state index in [0.717, 1.165) is 18.6 Å². The van der Waals surface area contributed by atoms with Gasteiger partial charge in [-0.15, -0.1) is 0 Å². The van der Waals surface area contributed by atoms with Crippen molar-refractivity contribution in [1.82, 2.24) is 4.98 Å². The number of anilines is 1. The summed E-state index contributed by atoms with van der Waals surface area (Å²) in [6, 6.07) is 10.2. The summed E-state index contributed by atoms with van der Waals surface area (Å²) >= 11 is 0. The van der Waals surface area contributed by atoms with Crippen molar-refractivity contribution in [1.29, 1.82) is 0 Å². The van der Waals surface area contributed by atoms with Crippen molar-refractivity contribution in [3.05, 3.63) is 53.2 Å². The van der Waals surface area contributed by atoms with E-state index in [1.807, 2.05) is 18.2 Å². The molecule has 1 heterocycles. The Morgan fingerprint density at radius 2 is 2.00 bits per heavy atom. The Bertz CT molecular complexity index is 538. The number of nitrogen functional groups attached to an aromatic ring is 1. The minimum Gasteiger partial charge on any atom is -0.496 e. The number of hydrogen-bond donors (Lipinski definition) is 1. The van der Waals surface area contributed by atoms with Gasteiger partial charge < -0.3 is 10.5 Å². The Hall–Kier alpha value is -2.03. The summed E-state index contributed by atoms with van der Waals surface area (Å²) in [6.45, 7) is 2.09. The van der Waals surface area contributed by atoms with Crippen LogP contribution in [0.25, 0.3) is 0 Å². The molecule has 0 saturated heterocycles. The Labute approximate surface area is 108 Å². The van der Waals surface area contributed by atoms with E-state index in [9.17, 15) is 0 Å². The van der Waals surface area contributed by atoms with Crippen LogP contribution in [-0.2, 0) is 12.8 Å². The molecule has 0 amide bonds. The van der Waals surface area contributed by atoms with E-state index in [1.54, 1.807) is 13.3 Å². The van der Waals surface area contributed by atoms with Crippen LogP contribution in [0.15, 0.2) is 36.5 Å². The zero-order valence-electron chi connectivity index (χ0n) is 10.8. The number of hydrogen-bond acceptors (Lipinski definition) is 3. The van der Waals surface area contributed by atoms with Crippen molar-refractivity contribution >= 4 is 5.82 Å². The Balaban J connectivity index is 2.12. The fraction of sp³-hybridized carbons (Fsp3) is 0.267. The van der Waals surface area contributed by atoms with Crippen molar-refractivity contribution in [2.24, 2.45) is 0 Å². The lowest BCUT2D eigenvalue weighted by Crippen LogP contribution is -1.98. The average Bonchev–Trinajstić information content (AvgIpc) is 2.37. The molecule has 0 unspecified atom stereocenters. The van der Waals surface area contributed by atoms with E-state index < -0.39 is 0 Å². The van der Waals surface area contributed by atoms with Gasteiger partial charge in [0.25, 0.3) is 0 Å². The number of methoxy groups -OCH3 is 1. The standard InChI is InChI=1S/C15H18N2O/c1-11-3-6-14(18-2)13(9-11)5-4-12-7-8-17-15(16)10-12/h3,6-10H,4-5H2,1-2H3,(H2,16,17). The van der Waals surface area contributed by atoms with Gasteiger partial charge in [0.05, 0.1) is 7.11 Å². The van der Waals surface area contributed by atoms with Gasteiger partial charge in [-0.1, -0.05) is 17.7 Å². The lowest BCUT2D eigenvalue weighted by molar-refractivity contribution is 0.409. The maximum atomic E-state index is 5.67. The highest BCUT2D eigenvalue weighted by Gasteiger charge is 2.04. The summed E-state index contributed by atoms with van der Waals surface area (Å²) in [4.78, 5) is 4.00. The number of aromatic nitrogens is 1. The van der Waals surface area contributed by atoms with Crippen LogP contribution in [0.1, 0.15) is 16.7 Å². The number of benzene rings is 1. The van der Waals surface area contributed by atoms with E-state index in [0.29, 0.717) is 5.82 Å². The number of nitrogens with two attached hydrogens (primary N) is 1. The summed E-state index contributed by atoms with van der Waals surface area (Å²) in [5, 5.41) is 0. The van der Waals surface area contributed by atoms with Crippen molar-refractivity contribution in [2.75, 3.05) is 12.8 Å². The zero-order chi connectivity index (χ0) is 13.0. The van der Waals surface area contributed by atoms with E-state index in [4.69, 9.17) is 10.5 Å². The first-order chi connectivity index (χ1) is 8.69. The maximum absolute atomic E-state index is 5.67. The maximum Gasteiger partial charge on any atom is 0.123 e. The van der Waals surface area contributed by atoms with Crippen LogP contribution >= 0.6 is 0 Å². The molecule has 0 aliphatic rings. The van der Waals surface area contributed by atoms with Gasteiger partial charge in [0.2, 0.25) is 0 Å². The second kappa shape index (κ2) is 5.54. The molecular formula is C15H18N2O. The van der Waals surface area contributed by atoms with Crippen molar-refractivity contribution in [2.45, 2.75) is 19.8 Å². The molecule has 1 aromatic heterocycles. The van der Waals surface area contributed by atoms with Gasteiger partial charge in [-0.25, -0.2) is 4.98 Å². The van der Waals surface area contributed by atoms with Crippen molar-refractivity contribution < 1.29 is 4.74 Å². The van der Waals surface area contributed by atoms with Gasteiger partial charge in [-0.2, -0.15) is 0 Å². The van der Waals surface area contributed by atoms with Crippen LogP contribution < -0.4 is 10.5 Å². The molecule has 0 fully saturated rings. The van der Waals surface area contributed by atoms with E-state index >= 15 is 0 Å². The molecule has 2 N–H and O–H groups in total. The van der Waals surface area contributed by atoms with Crippen LogP contribution in [-0.4, -0.2) is 12.1 Å². The minimum atomic E-state index is 0.573. The van der Waals surface area contributed by atoms with Crippen LogP contribution in [0.3, 0.4) is 0 Å². The third-order valence-electron chi connectivity index (χ3n) is 2.96.